The van der Waals surface area contributed by atoms with Crippen molar-refractivity contribution in [3.05, 3.63) is 300 Å². The first-order valence-corrected chi connectivity index (χ1v) is 32.1. The summed E-state index contributed by atoms with van der Waals surface area (Å²) in [6, 6.07) is 34.5. The molecular formula is C70H40F12N8O4S4. The minimum absolute atomic E-state index is 0.0382. The number of thioether (sulfide) groups is 4. The number of fused-ring (bicyclic) bond motifs is 4. The largest absolute Gasteiger partial charge is 0.315 e. The second-order valence-corrected chi connectivity index (χ2v) is 24.7. The highest BCUT2D eigenvalue weighted by Crippen LogP contribution is 2.36. The molecule has 0 amide bonds. The molecule has 0 atom stereocenters. The number of rotatable bonds is 12. The number of hydrogen-bond acceptors (Lipinski definition) is 12. The summed E-state index contributed by atoms with van der Waals surface area (Å²) >= 11 is 4.07. The molecule has 12 rings (SSSR count). The van der Waals surface area contributed by atoms with Crippen molar-refractivity contribution in [3.8, 4) is 24.3 Å². The van der Waals surface area contributed by atoms with E-state index in [0.29, 0.717) is 59.6 Å². The second-order valence-electron chi connectivity index (χ2n) is 20.8. The van der Waals surface area contributed by atoms with Crippen LogP contribution < -0.4 is 22.2 Å². The molecule has 492 valence electrons. The highest BCUT2D eigenvalue weighted by molar-refractivity contribution is 7.99. The summed E-state index contributed by atoms with van der Waals surface area (Å²) in [5, 5.41) is 40.1. The van der Waals surface area contributed by atoms with Gasteiger partial charge >= 0.3 is 0 Å². The number of aryl methyl sites for hydroxylation is 2. The van der Waals surface area contributed by atoms with Crippen molar-refractivity contribution < 1.29 is 52.7 Å². The van der Waals surface area contributed by atoms with Gasteiger partial charge < -0.3 is 19.9 Å². The van der Waals surface area contributed by atoms with Gasteiger partial charge in [-0.25, -0.2) is 52.7 Å². The molecule has 12 nitrogen and oxygen atoms in total. The van der Waals surface area contributed by atoms with Gasteiger partial charge in [-0.05, 0) is 134 Å². The number of nitrogens with one attached hydrogen (secondary N) is 4. The molecule has 98 heavy (non-hydrogen) atoms. The molecule has 0 spiro atoms. The summed E-state index contributed by atoms with van der Waals surface area (Å²) < 4.78 is 164. The third kappa shape index (κ3) is 16.0. The number of nitriles is 4. The van der Waals surface area contributed by atoms with E-state index < -0.39 is 91.8 Å². The number of aromatic nitrogens is 4. The zero-order valence-electron chi connectivity index (χ0n) is 50.1. The normalized spacial score (nSPS) is 10.8. The van der Waals surface area contributed by atoms with Crippen molar-refractivity contribution in [2.45, 2.75) is 57.0 Å². The number of halogens is 12. The van der Waals surface area contributed by atoms with Gasteiger partial charge in [0.1, 0.15) is 93.1 Å². The first-order valence-electron chi connectivity index (χ1n) is 28.1. The summed E-state index contributed by atoms with van der Waals surface area (Å²) in [5.74, 6) is -8.86. The summed E-state index contributed by atoms with van der Waals surface area (Å²) in [6.45, 7) is 3.14. The van der Waals surface area contributed by atoms with Crippen molar-refractivity contribution in [2.75, 3.05) is 0 Å². The van der Waals surface area contributed by atoms with Crippen LogP contribution in [0.25, 0.3) is 43.1 Å². The molecule has 0 saturated carbocycles. The van der Waals surface area contributed by atoms with Gasteiger partial charge in [-0.2, -0.15) is 21.0 Å². The Hall–Kier alpha value is -10.9. The van der Waals surface area contributed by atoms with Crippen LogP contribution in [0.5, 0.6) is 0 Å². The monoisotopic (exact) mass is 1410 g/mol. The average molecular weight is 1410 g/mol. The first kappa shape index (κ1) is 71.4. The van der Waals surface area contributed by atoms with E-state index >= 15 is 0 Å². The Bertz CT molecular complexity index is 5460. The Morgan fingerprint density at radius 2 is 0.653 bits per heavy atom. The van der Waals surface area contributed by atoms with Crippen molar-refractivity contribution in [1.29, 1.82) is 21.0 Å². The first-order chi connectivity index (χ1) is 46.8. The summed E-state index contributed by atoms with van der Waals surface area (Å²) in [7, 11) is 0. The van der Waals surface area contributed by atoms with E-state index in [4.69, 9.17) is 21.0 Å². The van der Waals surface area contributed by atoms with E-state index in [2.05, 4.69) is 19.9 Å². The van der Waals surface area contributed by atoms with E-state index in [9.17, 15) is 71.9 Å². The van der Waals surface area contributed by atoms with Gasteiger partial charge in [0.05, 0.1) is 20.1 Å². The summed E-state index contributed by atoms with van der Waals surface area (Å²) in [6.07, 6.45) is 0. The molecule has 12 aromatic rings. The Balaban J connectivity index is 0.000000153. The maximum atomic E-state index is 14.1. The molecule has 8 aromatic carbocycles. The predicted octanol–water partition coefficient (Wildman–Crippen LogP) is 17.1. The maximum absolute atomic E-state index is 14.1. The fraction of sp³-hybridized carbons (Fsp3) is 0.0857. The number of H-pyrrole nitrogens is 4. The lowest BCUT2D eigenvalue weighted by atomic mass is 10.1. The predicted molar refractivity (Wildman–Crippen MR) is 350 cm³/mol. The van der Waals surface area contributed by atoms with E-state index in [1.54, 1.807) is 43.3 Å². The highest BCUT2D eigenvalue weighted by atomic mass is 32.2. The Morgan fingerprint density at radius 3 is 1.04 bits per heavy atom. The molecule has 28 heteroatoms. The lowest BCUT2D eigenvalue weighted by Crippen LogP contribution is -2.12. The van der Waals surface area contributed by atoms with Crippen LogP contribution in [0.15, 0.2) is 173 Å². The molecule has 4 N–H and O–H groups in total. The minimum atomic E-state index is -1.32. The SMILES string of the molecule is Cc1cc(F)c(CSc2[nH]c(=O)c(C#N)c3ccc(F)cc23)cc1F.Cc1cccc(CSc2[nH]c(=O)c(C#N)c3ccc(F)cc23)c1F.N#Cc1c(=O)[nH]c(SCc2c(F)ccc(F)c2F)c2cc(F)ccc12.N#Cc1c(=O)[nH]c(SCc2cccc(F)c2F)c2cc(F)ccc12. The zero-order valence-corrected chi connectivity index (χ0v) is 53.4. The minimum Gasteiger partial charge on any atom is -0.315 e. The zero-order chi connectivity index (χ0) is 70.8. The van der Waals surface area contributed by atoms with Crippen LogP contribution in [0.2, 0.25) is 0 Å². The van der Waals surface area contributed by atoms with Crippen molar-refractivity contribution in [1.82, 2.24) is 19.9 Å². The lowest BCUT2D eigenvalue weighted by molar-refractivity contribution is 0.485. The van der Waals surface area contributed by atoms with Crippen molar-refractivity contribution in [3.63, 3.8) is 0 Å². The van der Waals surface area contributed by atoms with Crippen LogP contribution in [-0.2, 0) is 23.0 Å². The van der Waals surface area contributed by atoms with Gasteiger partial charge in [-0.15, -0.1) is 47.0 Å². The number of benzene rings is 8. The van der Waals surface area contributed by atoms with Gasteiger partial charge in [0.25, 0.3) is 22.2 Å². The summed E-state index contributed by atoms with van der Waals surface area (Å²) in [5.41, 5.74) is -1.97. The second kappa shape index (κ2) is 31.3. The Labute approximate surface area is 562 Å². The van der Waals surface area contributed by atoms with Gasteiger partial charge in [-0.1, -0.05) is 30.3 Å². The van der Waals surface area contributed by atoms with Crippen LogP contribution in [0, 0.1) is 129 Å². The molecule has 4 heterocycles. The fourth-order valence-corrected chi connectivity index (χ4v) is 13.7. The smallest absolute Gasteiger partial charge is 0.267 e. The van der Waals surface area contributed by atoms with E-state index in [1.807, 2.05) is 6.07 Å². The summed E-state index contributed by atoms with van der Waals surface area (Å²) in [4.78, 5) is 58.0. The van der Waals surface area contributed by atoms with Crippen molar-refractivity contribution in [2.24, 2.45) is 0 Å². The Kier molecular flexibility index (Phi) is 22.8. The number of nitrogens with zero attached hydrogens (tertiary/aromatic N) is 4. The molecule has 0 bridgehead atoms. The van der Waals surface area contributed by atoms with Crippen LogP contribution in [0.1, 0.15) is 55.6 Å². The molecule has 0 aliphatic carbocycles. The van der Waals surface area contributed by atoms with Gasteiger partial charge in [0.2, 0.25) is 0 Å². The average Bonchev–Trinajstić information content (AvgIpc) is 0.800. The van der Waals surface area contributed by atoms with Crippen molar-refractivity contribution >= 4 is 90.1 Å². The molecular weight excluding hydrogens is 1370 g/mol. The van der Waals surface area contributed by atoms with E-state index in [0.717, 1.165) is 83.8 Å². The standard InChI is InChI=1S/C18H11F3N2OS.C18H12F2N2OS.C17H8F4N2OS.C17H9F3N2OS/c1-9-4-16(21)10(5-15(9)20)8-25-18-13-6-11(19)2-3-12(13)14(7-22)17(24)23-18;1-10-3-2-4-11(16(10)20)9-24-18-14-7-12(19)5-6-13(14)15(8-21)17(23)22-18;18-8-1-2-9-10(5-8)17(23-16(24)11(9)6-22)25-7-12-13(19)3-4-14(20)15(12)21;18-10-4-5-11-12(6-10)17(22-16(23)13(11)7-21)24-8-9-2-1-3-14(19)15(9)20/h2-6H,8H2,1H3,(H,23,24);2-7H,9H2,1H3,(H,22,23);1-5H,7H2,(H,23,24);1-6H,8H2,(H,22,23). The molecule has 0 unspecified atom stereocenters. The number of pyridine rings is 4. The van der Waals surface area contributed by atoms with Gasteiger partial charge in [0.15, 0.2) is 23.3 Å². The number of hydrogen-bond donors (Lipinski definition) is 4. The maximum Gasteiger partial charge on any atom is 0.267 e. The third-order valence-electron chi connectivity index (χ3n) is 14.5. The molecule has 0 saturated heterocycles. The third-order valence-corrected chi connectivity index (χ3v) is 18.7. The van der Waals surface area contributed by atoms with Gasteiger partial charge in [-0.3, -0.25) is 19.2 Å². The van der Waals surface area contributed by atoms with Crippen LogP contribution in [0.4, 0.5) is 52.7 Å². The van der Waals surface area contributed by atoms with E-state index in [-0.39, 0.29) is 88.6 Å². The van der Waals surface area contributed by atoms with Crippen LogP contribution in [-0.4, -0.2) is 19.9 Å². The quantitative estimate of drug-likeness (QED) is 0.0509. The topological polar surface area (TPSA) is 227 Å². The molecule has 0 aliphatic rings. The molecule has 0 radical (unpaired) electrons. The molecule has 4 aromatic heterocycles. The molecule has 0 aliphatic heterocycles. The number of aromatic amines is 4. The van der Waals surface area contributed by atoms with Crippen LogP contribution >= 0.6 is 47.0 Å². The highest BCUT2D eigenvalue weighted by Gasteiger charge is 2.21. The van der Waals surface area contributed by atoms with Crippen LogP contribution in [0.3, 0.4) is 0 Å². The van der Waals surface area contributed by atoms with E-state index in [1.165, 1.54) is 79.3 Å². The Morgan fingerprint density at radius 1 is 0.316 bits per heavy atom. The lowest BCUT2D eigenvalue weighted by Gasteiger charge is -2.09. The van der Waals surface area contributed by atoms with Gasteiger partial charge in [0, 0.05) is 82.8 Å². The fourth-order valence-electron chi connectivity index (χ4n) is 9.58. The molecule has 0 fully saturated rings.